The number of aromatic nitrogens is 1. The van der Waals surface area contributed by atoms with Crippen molar-refractivity contribution in [3.05, 3.63) is 26.9 Å². The van der Waals surface area contributed by atoms with Gasteiger partial charge in [-0.1, -0.05) is 5.92 Å². The second-order valence-electron chi connectivity index (χ2n) is 2.42. The van der Waals surface area contributed by atoms with Gasteiger partial charge in [0, 0.05) is 22.2 Å². The van der Waals surface area contributed by atoms with Crippen LogP contribution in [0.15, 0.2) is 21.3 Å². The van der Waals surface area contributed by atoms with Gasteiger partial charge in [0.1, 0.15) is 4.60 Å². The fourth-order valence-electron chi connectivity index (χ4n) is 0.832. The molecule has 0 fully saturated rings. The molecule has 0 aliphatic carbocycles. The molecule has 0 radical (unpaired) electrons. The molecule has 62 valence electrons. The highest BCUT2D eigenvalue weighted by atomic mass is 79.9. The number of terminal acetylenes is 1. The topological polar surface area (TPSA) is 12.9 Å². The Bertz CT molecular complexity index is 328. The van der Waals surface area contributed by atoms with Crippen molar-refractivity contribution in [1.82, 2.24) is 4.98 Å². The van der Waals surface area contributed by atoms with Crippen molar-refractivity contribution >= 4 is 31.9 Å². The minimum Gasteiger partial charge on any atom is -0.248 e. The largest absolute Gasteiger partial charge is 0.248 e. The first-order valence-electron chi connectivity index (χ1n) is 3.42. The zero-order chi connectivity index (χ0) is 9.14. The van der Waals surface area contributed by atoms with Gasteiger partial charge in [0.15, 0.2) is 0 Å². The van der Waals surface area contributed by atoms with Gasteiger partial charge in [-0.05, 0) is 44.8 Å². The number of hydrogen-bond donors (Lipinski definition) is 0. The highest BCUT2D eigenvalue weighted by Crippen LogP contribution is 2.25. The number of halogens is 2. The van der Waals surface area contributed by atoms with Crippen LogP contribution in [0.3, 0.4) is 0 Å². The highest BCUT2D eigenvalue weighted by molar-refractivity contribution is 9.11. The van der Waals surface area contributed by atoms with E-state index in [1.807, 2.05) is 13.0 Å². The van der Waals surface area contributed by atoms with Gasteiger partial charge in [-0.2, -0.15) is 0 Å². The molecule has 1 heterocycles. The molecule has 0 spiro atoms. The lowest BCUT2D eigenvalue weighted by Gasteiger charge is -2.06. The zero-order valence-electron chi connectivity index (χ0n) is 6.51. The molecule has 1 unspecified atom stereocenters. The molecule has 0 saturated heterocycles. The Morgan fingerprint density at radius 1 is 1.58 bits per heavy atom. The van der Waals surface area contributed by atoms with Crippen LogP contribution in [-0.2, 0) is 0 Å². The van der Waals surface area contributed by atoms with Crippen LogP contribution in [0.25, 0.3) is 0 Å². The van der Waals surface area contributed by atoms with Crippen LogP contribution in [0.5, 0.6) is 0 Å². The van der Waals surface area contributed by atoms with Crippen LogP contribution in [0, 0.1) is 12.3 Å². The van der Waals surface area contributed by atoms with Crippen molar-refractivity contribution in [3.63, 3.8) is 0 Å². The molecule has 1 atom stereocenters. The van der Waals surface area contributed by atoms with E-state index in [0.717, 1.165) is 14.6 Å². The summed E-state index contributed by atoms with van der Waals surface area (Å²) >= 11 is 6.69. The van der Waals surface area contributed by atoms with Gasteiger partial charge < -0.3 is 0 Å². The lowest BCUT2D eigenvalue weighted by atomic mass is 10.1. The molecule has 0 aromatic carbocycles. The smallest absolute Gasteiger partial charge is 0.110 e. The number of pyridine rings is 1. The molecule has 3 heteroatoms. The predicted octanol–water partition coefficient (Wildman–Crippen LogP) is 3.34. The van der Waals surface area contributed by atoms with E-state index in [9.17, 15) is 0 Å². The fourth-order valence-corrected chi connectivity index (χ4v) is 1.74. The maximum atomic E-state index is 5.31. The first-order chi connectivity index (χ1) is 5.65. The van der Waals surface area contributed by atoms with Crippen LogP contribution < -0.4 is 0 Å². The molecule has 0 aliphatic rings. The Kier molecular flexibility index (Phi) is 3.30. The Morgan fingerprint density at radius 2 is 2.25 bits per heavy atom. The lowest BCUT2D eigenvalue weighted by Crippen LogP contribution is -1.93. The van der Waals surface area contributed by atoms with E-state index in [0.29, 0.717) is 0 Å². The van der Waals surface area contributed by atoms with Crippen molar-refractivity contribution in [2.75, 3.05) is 0 Å². The first kappa shape index (κ1) is 9.76. The van der Waals surface area contributed by atoms with E-state index in [1.165, 1.54) is 0 Å². The van der Waals surface area contributed by atoms with E-state index in [-0.39, 0.29) is 5.92 Å². The van der Waals surface area contributed by atoms with E-state index in [2.05, 4.69) is 42.8 Å². The third-order valence-electron chi connectivity index (χ3n) is 1.55. The summed E-state index contributed by atoms with van der Waals surface area (Å²) in [5.41, 5.74) is 1.03. The van der Waals surface area contributed by atoms with Crippen molar-refractivity contribution in [3.8, 4) is 12.3 Å². The first-order valence-corrected chi connectivity index (χ1v) is 5.01. The average Bonchev–Trinajstić information content (AvgIpc) is 2.08. The number of nitrogens with zero attached hydrogens (tertiary/aromatic N) is 1. The quantitative estimate of drug-likeness (QED) is 0.570. The highest BCUT2D eigenvalue weighted by Gasteiger charge is 2.07. The van der Waals surface area contributed by atoms with Crippen molar-refractivity contribution in [2.45, 2.75) is 12.8 Å². The van der Waals surface area contributed by atoms with Gasteiger partial charge in [-0.25, -0.2) is 4.98 Å². The van der Waals surface area contributed by atoms with Crippen LogP contribution in [0.2, 0.25) is 0 Å². The van der Waals surface area contributed by atoms with Gasteiger partial charge in [0.2, 0.25) is 0 Å². The second kappa shape index (κ2) is 4.06. The summed E-state index contributed by atoms with van der Waals surface area (Å²) < 4.78 is 1.76. The van der Waals surface area contributed by atoms with Gasteiger partial charge >= 0.3 is 0 Å². The summed E-state index contributed by atoms with van der Waals surface area (Å²) in [4.78, 5) is 4.12. The summed E-state index contributed by atoms with van der Waals surface area (Å²) in [7, 11) is 0. The standard InChI is InChI=1S/C9H7Br2N/c1-3-6(2)8-4-7(10)5-12-9(8)11/h1,4-6H,2H3. The fraction of sp³-hybridized carbons (Fsp3) is 0.222. The molecule has 0 amide bonds. The van der Waals surface area contributed by atoms with Crippen LogP contribution in [0.1, 0.15) is 18.4 Å². The molecular formula is C9H7Br2N. The van der Waals surface area contributed by atoms with Crippen LogP contribution in [0.4, 0.5) is 0 Å². The molecule has 0 N–H and O–H groups in total. The predicted molar refractivity (Wildman–Crippen MR) is 56.9 cm³/mol. The van der Waals surface area contributed by atoms with Crippen LogP contribution >= 0.6 is 31.9 Å². The molecule has 0 aliphatic heterocycles. The summed E-state index contributed by atoms with van der Waals surface area (Å²) in [5.74, 6) is 2.75. The van der Waals surface area contributed by atoms with Crippen LogP contribution in [-0.4, -0.2) is 4.98 Å². The summed E-state index contributed by atoms with van der Waals surface area (Å²) in [6.45, 7) is 1.97. The van der Waals surface area contributed by atoms with Crippen molar-refractivity contribution in [2.24, 2.45) is 0 Å². The Balaban J connectivity index is 3.15. The maximum absolute atomic E-state index is 5.31. The molecule has 1 rings (SSSR count). The number of hydrogen-bond acceptors (Lipinski definition) is 1. The Labute approximate surface area is 88.8 Å². The van der Waals surface area contributed by atoms with E-state index in [1.54, 1.807) is 6.20 Å². The third kappa shape index (κ3) is 2.09. The van der Waals surface area contributed by atoms with Gasteiger partial charge in [-0.3, -0.25) is 0 Å². The van der Waals surface area contributed by atoms with Crippen molar-refractivity contribution in [1.29, 1.82) is 0 Å². The molecule has 1 nitrogen and oxygen atoms in total. The van der Waals surface area contributed by atoms with Crippen molar-refractivity contribution < 1.29 is 0 Å². The lowest BCUT2D eigenvalue weighted by molar-refractivity contribution is 0.970. The average molecular weight is 289 g/mol. The summed E-state index contributed by atoms with van der Waals surface area (Å²) in [6.07, 6.45) is 7.04. The summed E-state index contributed by atoms with van der Waals surface area (Å²) in [6, 6.07) is 1.97. The van der Waals surface area contributed by atoms with Gasteiger partial charge in [-0.15, -0.1) is 6.42 Å². The van der Waals surface area contributed by atoms with Gasteiger partial charge in [0.25, 0.3) is 0 Å². The normalized spacial score (nSPS) is 12.2. The van der Waals surface area contributed by atoms with E-state index >= 15 is 0 Å². The number of rotatable bonds is 1. The minimum absolute atomic E-state index is 0.0874. The molecular weight excluding hydrogens is 282 g/mol. The summed E-state index contributed by atoms with van der Waals surface area (Å²) in [5, 5.41) is 0. The minimum atomic E-state index is 0.0874. The molecule has 12 heavy (non-hydrogen) atoms. The Morgan fingerprint density at radius 3 is 2.83 bits per heavy atom. The molecule has 0 saturated carbocycles. The zero-order valence-corrected chi connectivity index (χ0v) is 9.68. The third-order valence-corrected chi connectivity index (χ3v) is 2.65. The maximum Gasteiger partial charge on any atom is 0.110 e. The van der Waals surface area contributed by atoms with E-state index in [4.69, 9.17) is 6.42 Å². The monoisotopic (exact) mass is 287 g/mol. The van der Waals surface area contributed by atoms with Gasteiger partial charge in [0.05, 0.1) is 0 Å². The molecule has 1 aromatic heterocycles. The molecule has 0 bridgehead atoms. The van der Waals surface area contributed by atoms with E-state index < -0.39 is 0 Å². The molecule has 1 aromatic rings. The Hall–Kier alpha value is -0.330. The SMILES string of the molecule is C#CC(C)c1cc(Br)cnc1Br. The second-order valence-corrected chi connectivity index (χ2v) is 4.09.